The molecular formula is C19H13Cl3F3N3O2S. The van der Waals surface area contributed by atoms with Gasteiger partial charge in [-0.1, -0.05) is 46.6 Å². The van der Waals surface area contributed by atoms with Gasteiger partial charge < -0.3 is 5.32 Å². The summed E-state index contributed by atoms with van der Waals surface area (Å²) >= 11 is 18.4. The fourth-order valence-electron chi connectivity index (χ4n) is 2.66. The van der Waals surface area contributed by atoms with Crippen molar-refractivity contribution in [3.8, 4) is 0 Å². The first-order chi connectivity index (χ1) is 14.4. The monoisotopic (exact) mass is 509 g/mol. The molecule has 1 atom stereocenters. The molecule has 5 nitrogen and oxygen atoms in total. The maximum absolute atomic E-state index is 13.1. The lowest BCUT2D eigenvalue weighted by Gasteiger charge is -2.29. The van der Waals surface area contributed by atoms with Gasteiger partial charge in [0.25, 0.3) is 0 Å². The zero-order valence-electron chi connectivity index (χ0n) is 15.6. The van der Waals surface area contributed by atoms with Crippen molar-refractivity contribution in [2.75, 3.05) is 12.4 Å². The highest BCUT2D eigenvalue weighted by Gasteiger charge is 2.35. The largest absolute Gasteiger partial charge is 0.417 e. The molecule has 1 saturated heterocycles. The van der Waals surface area contributed by atoms with Crippen LogP contribution in [0.2, 0.25) is 15.1 Å². The van der Waals surface area contributed by atoms with Crippen LogP contribution in [0.4, 0.5) is 24.5 Å². The van der Waals surface area contributed by atoms with Crippen molar-refractivity contribution in [3.05, 3.63) is 57.0 Å². The number of hydrogen-bond acceptors (Lipinski definition) is 4. The molecule has 0 saturated carbocycles. The lowest BCUT2D eigenvalue weighted by atomic mass is 10.2. The summed E-state index contributed by atoms with van der Waals surface area (Å²) in [6.45, 7) is 0. The summed E-state index contributed by atoms with van der Waals surface area (Å²) < 4.78 is 39.3. The maximum Gasteiger partial charge on any atom is 0.417 e. The van der Waals surface area contributed by atoms with Gasteiger partial charge >= 0.3 is 6.18 Å². The van der Waals surface area contributed by atoms with E-state index in [1.54, 1.807) is 0 Å². The fraction of sp³-hybridized carbons (Fsp3) is 0.211. The second-order valence-corrected chi connectivity index (χ2v) is 8.92. The minimum Gasteiger partial charge on any atom is -0.325 e. The number of nitrogens with zero attached hydrogens (tertiary/aromatic N) is 2. The Kier molecular flexibility index (Phi) is 7.10. The molecule has 0 bridgehead atoms. The SMILES string of the molecule is CN1C(=O)C[C@@H](C(=O)Nc2cc(Cl)cc(Cl)c2)SC1=Nc1ccc(Cl)c(C(F)(F)F)c1. The van der Waals surface area contributed by atoms with E-state index >= 15 is 0 Å². The van der Waals surface area contributed by atoms with Crippen LogP contribution in [-0.2, 0) is 15.8 Å². The Morgan fingerprint density at radius 2 is 1.81 bits per heavy atom. The molecule has 3 rings (SSSR count). The van der Waals surface area contributed by atoms with Crippen molar-refractivity contribution in [2.45, 2.75) is 17.8 Å². The lowest BCUT2D eigenvalue weighted by molar-refractivity contribution is -0.137. The second-order valence-electron chi connectivity index (χ2n) is 6.47. The summed E-state index contributed by atoms with van der Waals surface area (Å²) in [6, 6.07) is 7.64. The summed E-state index contributed by atoms with van der Waals surface area (Å²) in [7, 11) is 1.43. The molecule has 1 aliphatic rings. The van der Waals surface area contributed by atoms with Crippen LogP contribution in [0.3, 0.4) is 0 Å². The predicted octanol–water partition coefficient (Wildman–Crippen LogP) is 6.26. The number of amidine groups is 1. The number of carbonyl (C=O) groups is 2. The normalized spacial score (nSPS) is 18.4. The van der Waals surface area contributed by atoms with Crippen LogP contribution in [0.15, 0.2) is 41.4 Å². The van der Waals surface area contributed by atoms with E-state index in [2.05, 4.69) is 10.3 Å². The zero-order valence-corrected chi connectivity index (χ0v) is 18.7. The van der Waals surface area contributed by atoms with Gasteiger partial charge in [-0.2, -0.15) is 13.2 Å². The molecule has 2 aromatic rings. The highest BCUT2D eigenvalue weighted by atomic mass is 35.5. The van der Waals surface area contributed by atoms with Crippen LogP contribution in [0.5, 0.6) is 0 Å². The lowest BCUT2D eigenvalue weighted by Crippen LogP contribution is -2.43. The summed E-state index contributed by atoms with van der Waals surface area (Å²) in [6.07, 6.45) is -4.77. The minimum absolute atomic E-state index is 0.0541. The number of aliphatic imine (C=N–C) groups is 1. The number of rotatable bonds is 3. The van der Waals surface area contributed by atoms with Gasteiger partial charge in [-0.25, -0.2) is 4.99 Å². The molecule has 1 fully saturated rings. The number of anilines is 1. The van der Waals surface area contributed by atoms with Crippen molar-refractivity contribution in [1.82, 2.24) is 4.90 Å². The molecule has 12 heteroatoms. The smallest absolute Gasteiger partial charge is 0.325 e. The van der Waals surface area contributed by atoms with E-state index in [9.17, 15) is 22.8 Å². The van der Waals surface area contributed by atoms with E-state index in [4.69, 9.17) is 34.8 Å². The van der Waals surface area contributed by atoms with Crippen LogP contribution >= 0.6 is 46.6 Å². The average Bonchev–Trinajstić information content (AvgIpc) is 2.65. The standard InChI is InChI=1S/C19H13Cl3F3N3O2S/c1-28-16(29)8-15(17(30)26-12-5-9(20)4-10(21)6-12)31-18(28)27-11-2-3-14(22)13(7-11)19(23,24)25/h2-7,15H,8H2,1H3,(H,26,30)/t15-/m0/s1. The zero-order chi connectivity index (χ0) is 22.9. The van der Waals surface area contributed by atoms with Crippen LogP contribution in [0, 0.1) is 0 Å². The van der Waals surface area contributed by atoms with Crippen LogP contribution in [0.1, 0.15) is 12.0 Å². The molecule has 2 amide bonds. The Morgan fingerprint density at radius 3 is 2.42 bits per heavy atom. The van der Waals surface area contributed by atoms with Crippen LogP contribution < -0.4 is 5.32 Å². The summed E-state index contributed by atoms with van der Waals surface area (Å²) in [5.41, 5.74) is -0.750. The summed E-state index contributed by atoms with van der Waals surface area (Å²) in [5, 5.41) is 2.03. The Labute approximate surface area is 194 Å². The number of benzene rings is 2. The van der Waals surface area contributed by atoms with E-state index in [0.29, 0.717) is 15.7 Å². The van der Waals surface area contributed by atoms with Gasteiger partial charge in [0.1, 0.15) is 5.25 Å². The van der Waals surface area contributed by atoms with Gasteiger partial charge in [-0.05, 0) is 36.4 Å². The highest BCUT2D eigenvalue weighted by molar-refractivity contribution is 8.15. The molecule has 0 radical (unpaired) electrons. The second kappa shape index (κ2) is 9.28. The number of alkyl halides is 3. The molecular weight excluding hydrogens is 498 g/mol. The third kappa shape index (κ3) is 5.85. The predicted molar refractivity (Wildman–Crippen MR) is 117 cm³/mol. The molecule has 2 aromatic carbocycles. The minimum atomic E-state index is -4.66. The highest BCUT2D eigenvalue weighted by Crippen LogP contribution is 2.37. The van der Waals surface area contributed by atoms with Gasteiger partial charge in [-0.15, -0.1) is 0 Å². The topological polar surface area (TPSA) is 61.8 Å². The van der Waals surface area contributed by atoms with E-state index in [1.807, 2.05) is 0 Å². The third-order valence-corrected chi connectivity index (χ3v) is 6.18. The molecule has 0 spiro atoms. The maximum atomic E-state index is 13.1. The van der Waals surface area contributed by atoms with Crippen molar-refractivity contribution >= 4 is 74.9 Å². The average molecular weight is 511 g/mol. The molecule has 0 unspecified atom stereocenters. The quantitative estimate of drug-likeness (QED) is 0.530. The molecule has 1 N–H and O–H groups in total. The van der Waals surface area contributed by atoms with Crippen molar-refractivity contribution in [3.63, 3.8) is 0 Å². The number of hydrogen-bond donors (Lipinski definition) is 1. The summed E-state index contributed by atoms with van der Waals surface area (Å²) in [5.74, 6) is -0.906. The number of carbonyl (C=O) groups excluding carboxylic acids is 2. The van der Waals surface area contributed by atoms with Gasteiger partial charge in [-0.3, -0.25) is 14.5 Å². The number of thioether (sulfide) groups is 1. The Bertz CT molecular complexity index is 1060. The molecule has 31 heavy (non-hydrogen) atoms. The van der Waals surface area contributed by atoms with Crippen molar-refractivity contribution in [2.24, 2.45) is 4.99 Å². The first kappa shape index (κ1) is 23.7. The molecule has 164 valence electrons. The Balaban J connectivity index is 1.85. The van der Waals surface area contributed by atoms with Crippen LogP contribution in [0.25, 0.3) is 0 Å². The van der Waals surface area contributed by atoms with Crippen molar-refractivity contribution < 1.29 is 22.8 Å². The molecule has 1 heterocycles. The Hall–Kier alpha value is -1.94. The number of amides is 2. The first-order valence-electron chi connectivity index (χ1n) is 8.59. The Morgan fingerprint density at radius 1 is 1.16 bits per heavy atom. The van der Waals surface area contributed by atoms with E-state index in [-0.39, 0.29) is 17.3 Å². The van der Waals surface area contributed by atoms with Gasteiger partial charge in [0.2, 0.25) is 11.8 Å². The van der Waals surface area contributed by atoms with Crippen LogP contribution in [-0.4, -0.2) is 34.2 Å². The summed E-state index contributed by atoms with van der Waals surface area (Å²) in [4.78, 5) is 30.3. The third-order valence-electron chi connectivity index (χ3n) is 4.17. The van der Waals surface area contributed by atoms with E-state index < -0.39 is 33.8 Å². The van der Waals surface area contributed by atoms with Gasteiger partial charge in [0, 0.05) is 29.2 Å². The van der Waals surface area contributed by atoms with E-state index in [1.165, 1.54) is 36.2 Å². The number of nitrogens with one attached hydrogen (secondary N) is 1. The number of halogens is 6. The molecule has 1 aliphatic heterocycles. The molecule has 0 aliphatic carbocycles. The first-order valence-corrected chi connectivity index (χ1v) is 10.6. The van der Waals surface area contributed by atoms with Gasteiger partial charge in [0.15, 0.2) is 5.17 Å². The van der Waals surface area contributed by atoms with E-state index in [0.717, 1.165) is 23.9 Å². The van der Waals surface area contributed by atoms with Crippen molar-refractivity contribution in [1.29, 1.82) is 0 Å². The molecule has 0 aromatic heterocycles. The fourth-order valence-corrected chi connectivity index (χ4v) is 4.47. The van der Waals surface area contributed by atoms with Gasteiger partial charge in [0.05, 0.1) is 16.3 Å².